The minimum absolute atomic E-state index is 0.113. The summed E-state index contributed by atoms with van der Waals surface area (Å²) in [7, 11) is 0. The van der Waals surface area contributed by atoms with Crippen molar-refractivity contribution < 1.29 is 5.11 Å². The first-order chi connectivity index (χ1) is 6.81. The van der Waals surface area contributed by atoms with Crippen LogP contribution in [-0.4, -0.2) is 14.7 Å². The van der Waals surface area contributed by atoms with E-state index < -0.39 is 0 Å². The molecule has 1 aliphatic rings. The lowest BCUT2D eigenvalue weighted by atomic mass is 10.4. The molecule has 0 aromatic carbocycles. The molecule has 0 atom stereocenters. The van der Waals surface area contributed by atoms with E-state index in [1.807, 2.05) is 6.07 Å². The summed E-state index contributed by atoms with van der Waals surface area (Å²) in [5.74, 6) is -0.113. The van der Waals surface area contributed by atoms with Crippen LogP contribution in [0.5, 0.6) is 5.88 Å². The minimum atomic E-state index is -0.113. The van der Waals surface area contributed by atoms with Gasteiger partial charge in [0.25, 0.3) is 0 Å². The lowest BCUT2D eigenvalue weighted by Gasteiger charge is -2.05. The van der Waals surface area contributed by atoms with E-state index in [9.17, 15) is 5.11 Å². The molecule has 0 spiro atoms. The van der Waals surface area contributed by atoms with Gasteiger partial charge in [-0.05, 0) is 24.4 Å². The van der Waals surface area contributed by atoms with Crippen molar-refractivity contribution in [2.45, 2.75) is 35.1 Å². The van der Waals surface area contributed by atoms with Gasteiger partial charge in [0.1, 0.15) is 15.8 Å². The first-order valence-corrected chi connectivity index (χ1v) is 6.22. The molecule has 74 valence electrons. The summed E-state index contributed by atoms with van der Waals surface area (Å²) in [5, 5.41) is 18.7. The Hall–Kier alpha value is -0.730. The highest BCUT2D eigenvalue weighted by Gasteiger charge is 2.21. The molecule has 1 heterocycles. The zero-order valence-corrected chi connectivity index (χ0v) is 9.20. The normalized spacial score (nSPS) is 17.1. The molecule has 1 saturated carbocycles. The first-order valence-electron chi connectivity index (χ1n) is 4.56. The van der Waals surface area contributed by atoms with E-state index in [0.29, 0.717) is 10.8 Å². The Morgan fingerprint density at radius 3 is 2.86 bits per heavy atom. The van der Waals surface area contributed by atoms with E-state index >= 15 is 0 Å². The number of nitrogens with zero attached hydrogens (tertiary/aromatic N) is 2. The summed E-state index contributed by atoms with van der Waals surface area (Å²) < 4.78 is 4.66. The van der Waals surface area contributed by atoms with Gasteiger partial charge in [0.05, 0.1) is 0 Å². The molecule has 1 fully saturated rings. The van der Waals surface area contributed by atoms with Gasteiger partial charge in [-0.3, -0.25) is 0 Å². The Balaban J connectivity index is 2.12. The fourth-order valence-corrected chi connectivity index (χ4v) is 3.91. The van der Waals surface area contributed by atoms with Crippen molar-refractivity contribution in [1.82, 2.24) is 4.37 Å². The number of rotatable bonds is 2. The van der Waals surface area contributed by atoms with Crippen LogP contribution in [-0.2, 0) is 0 Å². The van der Waals surface area contributed by atoms with Crippen LogP contribution >= 0.6 is 23.3 Å². The highest BCUT2D eigenvalue weighted by atomic mass is 32.2. The second-order valence-electron chi connectivity index (χ2n) is 3.30. The van der Waals surface area contributed by atoms with E-state index in [2.05, 4.69) is 4.37 Å². The van der Waals surface area contributed by atoms with Crippen molar-refractivity contribution in [2.75, 3.05) is 0 Å². The van der Waals surface area contributed by atoms with Gasteiger partial charge in [-0.25, -0.2) is 0 Å². The fraction of sp³-hybridized carbons (Fsp3) is 0.556. The number of aromatic hydroxyl groups is 1. The third-order valence-electron chi connectivity index (χ3n) is 2.33. The molecule has 0 radical (unpaired) electrons. The van der Waals surface area contributed by atoms with Gasteiger partial charge in [0.15, 0.2) is 0 Å². The fourth-order valence-electron chi connectivity index (χ4n) is 1.60. The summed E-state index contributed by atoms with van der Waals surface area (Å²) in [4.78, 5) is 0. The van der Waals surface area contributed by atoms with Gasteiger partial charge in [-0.1, -0.05) is 12.8 Å². The second-order valence-corrected chi connectivity index (χ2v) is 5.65. The van der Waals surface area contributed by atoms with Gasteiger partial charge in [-0.2, -0.15) is 9.64 Å². The monoisotopic (exact) mass is 226 g/mol. The second kappa shape index (κ2) is 4.20. The Morgan fingerprint density at radius 1 is 1.50 bits per heavy atom. The van der Waals surface area contributed by atoms with E-state index in [0.717, 1.165) is 4.21 Å². The standard InChI is InChI=1S/C9H10N2OS2/c10-5-7-8(12)11-14-9(7)13-6-3-1-2-4-6/h6H,1-4H2,(H,11,12). The van der Waals surface area contributed by atoms with Crippen LogP contribution in [0.25, 0.3) is 0 Å². The number of aromatic nitrogens is 1. The SMILES string of the molecule is N#Cc1c(O)nsc1SC1CCCC1. The minimum Gasteiger partial charge on any atom is -0.492 e. The molecule has 0 aliphatic heterocycles. The Labute approximate surface area is 90.9 Å². The topological polar surface area (TPSA) is 56.9 Å². The van der Waals surface area contributed by atoms with Crippen LogP contribution in [0.15, 0.2) is 4.21 Å². The number of hydrogen-bond donors (Lipinski definition) is 1. The molecule has 0 saturated heterocycles. The Bertz CT molecular complexity index is 363. The lowest BCUT2D eigenvalue weighted by molar-refractivity contribution is 0.457. The Kier molecular flexibility index (Phi) is 2.94. The number of thioether (sulfide) groups is 1. The van der Waals surface area contributed by atoms with Crippen molar-refractivity contribution in [3.8, 4) is 11.9 Å². The number of nitriles is 1. The smallest absolute Gasteiger partial charge is 0.242 e. The van der Waals surface area contributed by atoms with Gasteiger partial charge in [0.2, 0.25) is 5.88 Å². The molecule has 0 bridgehead atoms. The molecule has 14 heavy (non-hydrogen) atoms. The van der Waals surface area contributed by atoms with Gasteiger partial charge in [-0.15, -0.1) is 11.8 Å². The predicted molar refractivity (Wildman–Crippen MR) is 56.6 cm³/mol. The quantitative estimate of drug-likeness (QED) is 0.842. The molecule has 3 nitrogen and oxygen atoms in total. The molecule has 5 heteroatoms. The summed E-state index contributed by atoms with van der Waals surface area (Å²) in [5.41, 5.74) is 0.354. The molecule has 1 aromatic rings. The molecule has 1 aliphatic carbocycles. The molecule has 1 aromatic heterocycles. The van der Waals surface area contributed by atoms with Crippen molar-refractivity contribution in [2.24, 2.45) is 0 Å². The molecule has 2 rings (SSSR count). The third kappa shape index (κ3) is 1.86. The Morgan fingerprint density at radius 2 is 2.21 bits per heavy atom. The van der Waals surface area contributed by atoms with E-state index in [1.54, 1.807) is 11.8 Å². The van der Waals surface area contributed by atoms with Crippen molar-refractivity contribution in [3.63, 3.8) is 0 Å². The zero-order chi connectivity index (χ0) is 9.97. The number of hydrogen-bond acceptors (Lipinski definition) is 5. The highest BCUT2D eigenvalue weighted by molar-refractivity contribution is 8.01. The van der Waals surface area contributed by atoms with E-state index in [-0.39, 0.29) is 5.88 Å². The van der Waals surface area contributed by atoms with Crippen LogP contribution in [0.4, 0.5) is 0 Å². The average molecular weight is 226 g/mol. The van der Waals surface area contributed by atoms with Gasteiger partial charge >= 0.3 is 0 Å². The van der Waals surface area contributed by atoms with Gasteiger partial charge in [0, 0.05) is 5.25 Å². The van der Waals surface area contributed by atoms with Crippen LogP contribution < -0.4 is 0 Å². The highest BCUT2D eigenvalue weighted by Crippen LogP contribution is 2.40. The predicted octanol–water partition coefficient (Wildman–Crippen LogP) is 2.76. The van der Waals surface area contributed by atoms with Crippen molar-refractivity contribution in [3.05, 3.63) is 5.56 Å². The maximum Gasteiger partial charge on any atom is 0.242 e. The summed E-state index contributed by atoms with van der Waals surface area (Å²) in [6.45, 7) is 0. The zero-order valence-electron chi connectivity index (χ0n) is 7.56. The molecule has 1 N–H and O–H groups in total. The van der Waals surface area contributed by atoms with Crippen molar-refractivity contribution >= 4 is 23.3 Å². The third-order valence-corrected chi connectivity index (χ3v) is 4.70. The summed E-state index contributed by atoms with van der Waals surface area (Å²) in [6.07, 6.45) is 5.00. The van der Waals surface area contributed by atoms with Crippen LogP contribution in [0.1, 0.15) is 31.2 Å². The largest absolute Gasteiger partial charge is 0.492 e. The van der Waals surface area contributed by atoms with Crippen LogP contribution in [0.2, 0.25) is 0 Å². The maximum absolute atomic E-state index is 9.27. The molecular weight excluding hydrogens is 216 g/mol. The first kappa shape index (κ1) is 9.81. The van der Waals surface area contributed by atoms with E-state index in [1.165, 1.54) is 37.2 Å². The lowest BCUT2D eigenvalue weighted by Crippen LogP contribution is -1.92. The van der Waals surface area contributed by atoms with Gasteiger partial charge < -0.3 is 5.11 Å². The average Bonchev–Trinajstić information content (AvgIpc) is 2.77. The molecule has 0 amide bonds. The van der Waals surface area contributed by atoms with Crippen LogP contribution in [0, 0.1) is 11.3 Å². The van der Waals surface area contributed by atoms with Crippen LogP contribution in [0.3, 0.4) is 0 Å². The molecule has 0 unspecified atom stereocenters. The van der Waals surface area contributed by atoms with E-state index in [4.69, 9.17) is 5.26 Å². The summed E-state index contributed by atoms with van der Waals surface area (Å²) >= 11 is 2.92. The summed E-state index contributed by atoms with van der Waals surface area (Å²) in [6, 6.07) is 1.99. The maximum atomic E-state index is 9.27. The van der Waals surface area contributed by atoms with Crippen molar-refractivity contribution in [1.29, 1.82) is 5.26 Å². The molecular formula is C9H10N2OS2.